The van der Waals surface area contributed by atoms with Gasteiger partial charge in [-0.2, -0.15) is 0 Å². The van der Waals surface area contributed by atoms with Crippen LogP contribution in [0.4, 0.5) is 5.82 Å². The van der Waals surface area contributed by atoms with Crippen LogP contribution < -0.4 is 4.90 Å². The fourth-order valence-corrected chi connectivity index (χ4v) is 2.50. The molecule has 1 aliphatic rings. The van der Waals surface area contributed by atoms with Gasteiger partial charge in [-0.25, -0.2) is 4.98 Å². The Labute approximate surface area is 93.5 Å². The maximum Gasteiger partial charge on any atom is 0.128 e. The van der Waals surface area contributed by atoms with Gasteiger partial charge in [-0.05, 0) is 30.9 Å². The third-order valence-corrected chi connectivity index (χ3v) is 3.72. The number of nitrogens with zero attached hydrogens (tertiary/aromatic N) is 2. The van der Waals surface area contributed by atoms with Crippen LogP contribution >= 0.6 is 15.9 Å². The molecule has 2 rings (SSSR count). The first-order valence-electron chi connectivity index (χ1n) is 5.12. The number of anilines is 1. The van der Waals surface area contributed by atoms with Crippen molar-refractivity contribution in [3.05, 3.63) is 24.4 Å². The predicted molar refractivity (Wildman–Crippen MR) is 63.0 cm³/mol. The summed E-state index contributed by atoms with van der Waals surface area (Å²) in [7, 11) is 0. The van der Waals surface area contributed by atoms with Crippen molar-refractivity contribution < 1.29 is 0 Å². The Morgan fingerprint density at radius 1 is 1.36 bits per heavy atom. The van der Waals surface area contributed by atoms with E-state index in [-0.39, 0.29) is 0 Å². The van der Waals surface area contributed by atoms with Gasteiger partial charge in [-0.1, -0.05) is 22.0 Å². The molecule has 2 nitrogen and oxygen atoms in total. The second-order valence-electron chi connectivity index (χ2n) is 3.77. The van der Waals surface area contributed by atoms with E-state index in [4.69, 9.17) is 0 Å². The molecule has 3 heteroatoms. The van der Waals surface area contributed by atoms with Crippen LogP contribution in [0.1, 0.15) is 12.8 Å². The molecule has 0 atom stereocenters. The molecule has 1 fully saturated rings. The van der Waals surface area contributed by atoms with Crippen molar-refractivity contribution in [3.8, 4) is 0 Å². The molecule has 0 N–H and O–H groups in total. The van der Waals surface area contributed by atoms with Crippen LogP contribution in [-0.2, 0) is 0 Å². The summed E-state index contributed by atoms with van der Waals surface area (Å²) in [5.74, 6) is 1.98. The minimum Gasteiger partial charge on any atom is -0.357 e. The summed E-state index contributed by atoms with van der Waals surface area (Å²) >= 11 is 3.55. The minimum absolute atomic E-state index is 0.856. The fraction of sp³-hybridized carbons (Fsp3) is 0.545. The molecule has 1 aliphatic heterocycles. The highest BCUT2D eigenvalue weighted by molar-refractivity contribution is 9.09. The van der Waals surface area contributed by atoms with Crippen LogP contribution in [0.25, 0.3) is 0 Å². The summed E-state index contributed by atoms with van der Waals surface area (Å²) in [5, 5.41) is 1.14. The summed E-state index contributed by atoms with van der Waals surface area (Å²) in [6.07, 6.45) is 4.43. The van der Waals surface area contributed by atoms with E-state index in [1.165, 1.54) is 12.8 Å². The second kappa shape index (κ2) is 4.78. The third kappa shape index (κ3) is 2.27. The van der Waals surface area contributed by atoms with Gasteiger partial charge in [0.05, 0.1) is 0 Å². The van der Waals surface area contributed by atoms with Gasteiger partial charge >= 0.3 is 0 Å². The smallest absolute Gasteiger partial charge is 0.128 e. The first-order valence-corrected chi connectivity index (χ1v) is 6.24. The lowest BCUT2D eigenvalue weighted by Gasteiger charge is -2.31. The van der Waals surface area contributed by atoms with Crippen LogP contribution in [0.5, 0.6) is 0 Å². The lowest BCUT2D eigenvalue weighted by Crippen LogP contribution is -2.34. The molecule has 0 saturated carbocycles. The van der Waals surface area contributed by atoms with Crippen LogP contribution in [0, 0.1) is 5.92 Å². The highest BCUT2D eigenvalue weighted by atomic mass is 79.9. The van der Waals surface area contributed by atoms with E-state index in [0.717, 1.165) is 30.2 Å². The predicted octanol–water partition coefficient (Wildman–Crippen LogP) is 2.69. The van der Waals surface area contributed by atoms with E-state index in [1.54, 1.807) is 0 Å². The highest BCUT2D eigenvalue weighted by Crippen LogP contribution is 2.22. The van der Waals surface area contributed by atoms with E-state index >= 15 is 0 Å². The first-order chi connectivity index (χ1) is 6.90. The molecule has 0 amide bonds. The quantitative estimate of drug-likeness (QED) is 0.755. The highest BCUT2D eigenvalue weighted by Gasteiger charge is 2.18. The lowest BCUT2D eigenvalue weighted by molar-refractivity contribution is 0.445. The van der Waals surface area contributed by atoms with Gasteiger partial charge < -0.3 is 4.90 Å². The number of piperidine rings is 1. The molecule has 1 saturated heterocycles. The van der Waals surface area contributed by atoms with Gasteiger partial charge in [0.25, 0.3) is 0 Å². The van der Waals surface area contributed by atoms with Crippen molar-refractivity contribution in [1.29, 1.82) is 0 Å². The Balaban J connectivity index is 1.96. The van der Waals surface area contributed by atoms with Crippen LogP contribution in [0.2, 0.25) is 0 Å². The topological polar surface area (TPSA) is 16.1 Å². The summed E-state index contributed by atoms with van der Waals surface area (Å²) in [4.78, 5) is 6.74. The molecule has 0 aliphatic carbocycles. The van der Waals surface area contributed by atoms with Crippen molar-refractivity contribution in [2.24, 2.45) is 5.92 Å². The van der Waals surface area contributed by atoms with E-state index in [0.29, 0.717) is 0 Å². The molecule has 0 bridgehead atoms. The van der Waals surface area contributed by atoms with E-state index < -0.39 is 0 Å². The van der Waals surface area contributed by atoms with E-state index in [2.05, 4.69) is 37.9 Å². The zero-order chi connectivity index (χ0) is 9.80. The maximum absolute atomic E-state index is 4.37. The Bertz CT molecular complexity index is 268. The van der Waals surface area contributed by atoms with E-state index in [1.807, 2.05) is 12.3 Å². The molecule has 0 spiro atoms. The molecule has 76 valence electrons. The van der Waals surface area contributed by atoms with Crippen molar-refractivity contribution in [2.45, 2.75) is 12.8 Å². The Morgan fingerprint density at radius 2 is 2.14 bits per heavy atom. The SMILES string of the molecule is BrCC1CCN(c2ccccn2)CC1. The van der Waals surface area contributed by atoms with Crippen molar-refractivity contribution in [2.75, 3.05) is 23.3 Å². The Kier molecular flexibility index (Phi) is 3.40. The van der Waals surface area contributed by atoms with Crippen LogP contribution in [0.3, 0.4) is 0 Å². The lowest BCUT2D eigenvalue weighted by atomic mass is 9.99. The monoisotopic (exact) mass is 254 g/mol. The molecule has 1 aromatic rings. The summed E-state index contributed by atoms with van der Waals surface area (Å²) in [6, 6.07) is 6.11. The largest absolute Gasteiger partial charge is 0.357 e. The standard InChI is InChI=1S/C11H15BrN2/c12-9-10-4-7-14(8-5-10)11-3-1-2-6-13-11/h1-3,6,10H,4-5,7-9H2. The van der Waals surface area contributed by atoms with Crippen molar-refractivity contribution in [1.82, 2.24) is 4.98 Å². The van der Waals surface area contributed by atoms with Crippen LogP contribution in [-0.4, -0.2) is 23.4 Å². The molecule has 14 heavy (non-hydrogen) atoms. The number of pyridine rings is 1. The summed E-state index contributed by atoms with van der Waals surface area (Å²) in [6.45, 7) is 2.29. The molecule has 0 radical (unpaired) electrons. The summed E-state index contributed by atoms with van der Waals surface area (Å²) < 4.78 is 0. The molecular formula is C11H15BrN2. The molecule has 0 unspecified atom stereocenters. The molecule has 0 aromatic carbocycles. The maximum atomic E-state index is 4.37. The van der Waals surface area contributed by atoms with Crippen LogP contribution in [0.15, 0.2) is 24.4 Å². The minimum atomic E-state index is 0.856. The number of aromatic nitrogens is 1. The van der Waals surface area contributed by atoms with Gasteiger partial charge in [-0.3, -0.25) is 0 Å². The molecular weight excluding hydrogens is 240 g/mol. The Hall–Kier alpha value is -0.570. The normalized spacial score (nSPS) is 18.5. The fourth-order valence-electron chi connectivity index (χ4n) is 1.86. The number of hydrogen-bond acceptors (Lipinski definition) is 2. The van der Waals surface area contributed by atoms with Gasteiger partial charge in [0.15, 0.2) is 0 Å². The van der Waals surface area contributed by atoms with Gasteiger partial charge in [0.2, 0.25) is 0 Å². The summed E-state index contributed by atoms with van der Waals surface area (Å²) in [5.41, 5.74) is 0. The number of alkyl halides is 1. The van der Waals surface area contributed by atoms with Gasteiger partial charge in [-0.15, -0.1) is 0 Å². The average Bonchev–Trinajstić information content (AvgIpc) is 2.30. The van der Waals surface area contributed by atoms with Gasteiger partial charge in [0, 0.05) is 24.6 Å². The zero-order valence-corrected chi connectivity index (χ0v) is 9.78. The van der Waals surface area contributed by atoms with Crippen molar-refractivity contribution >= 4 is 21.7 Å². The Morgan fingerprint density at radius 3 is 2.71 bits per heavy atom. The molecule has 1 aromatic heterocycles. The number of halogens is 1. The second-order valence-corrected chi connectivity index (χ2v) is 4.42. The molecule has 2 heterocycles. The first kappa shape index (κ1) is 9.97. The van der Waals surface area contributed by atoms with E-state index in [9.17, 15) is 0 Å². The van der Waals surface area contributed by atoms with Gasteiger partial charge in [0.1, 0.15) is 5.82 Å². The number of hydrogen-bond donors (Lipinski definition) is 0. The van der Waals surface area contributed by atoms with Crippen molar-refractivity contribution in [3.63, 3.8) is 0 Å². The zero-order valence-electron chi connectivity index (χ0n) is 8.19. The third-order valence-electron chi connectivity index (χ3n) is 2.81. The number of rotatable bonds is 2. The average molecular weight is 255 g/mol.